The largest absolute Gasteiger partial charge is 0.454 e. The SMILES string of the molecule is C=C1C(=O)O[C@@H]2/C=C(\C)CCC=C(C=O)[C@H](OC(=O)C(C)C)[C@@H](O)[C@H]12. The first-order chi connectivity index (χ1) is 11.8. The highest BCUT2D eigenvalue weighted by molar-refractivity contribution is 5.91. The van der Waals surface area contributed by atoms with E-state index in [1.807, 2.05) is 6.92 Å². The summed E-state index contributed by atoms with van der Waals surface area (Å²) in [7, 11) is 0. The van der Waals surface area contributed by atoms with Crippen molar-refractivity contribution in [1.82, 2.24) is 0 Å². The Morgan fingerprint density at radius 3 is 2.76 bits per heavy atom. The van der Waals surface area contributed by atoms with Gasteiger partial charge in [0.2, 0.25) is 0 Å². The third kappa shape index (κ3) is 4.07. The van der Waals surface area contributed by atoms with Gasteiger partial charge in [-0.25, -0.2) is 4.79 Å². The third-order valence-electron chi connectivity index (χ3n) is 4.49. The van der Waals surface area contributed by atoms with Crippen molar-refractivity contribution in [3.8, 4) is 0 Å². The van der Waals surface area contributed by atoms with Gasteiger partial charge in [0.15, 0.2) is 6.10 Å². The fraction of sp³-hybridized carbons (Fsp3) is 0.526. The summed E-state index contributed by atoms with van der Waals surface area (Å²) in [5.41, 5.74) is 1.27. The molecule has 2 rings (SSSR count). The molecule has 25 heavy (non-hydrogen) atoms. The fourth-order valence-corrected chi connectivity index (χ4v) is 2.99. The number of hydrogen-bond acceptors (Lipinski definition) is 6. The molecule has 0 spiro atoms. The average molecular weight is 348 g/mol. The summed E-state index contributed by atoms with van der Waals surface area (Å²) in [6.07, 6.45) is 2.05. The van der Waals surface area contributed by atoms with Crippen molar-refractivity contribution >= 4 is 18.2 Å². The van der Waals surface area contributed by atoms with Crippen molar-refractivity contribution < 1.29 is 29.0 Å². The van der Waals surface area contributed by atoms with E-state index < -0.39 is 42.1 Å². The Hall–Kier alpha value is -2.21. The first-order valence-corrected chi connectivity index (χ1v) is 8.37. The number of allylic oxidation sites excluding steroid dienone is 2. The lowest BCUT2D eigenvalue weighted by molar-refractivity contribution is -0.158. The van der Waals surface area contributed by atoms with Crippen molar-refractivity contribution in [3.05, 3.63) is 35.5 Å². The van der Waals surface area contributed by atoms with Crippen molar-refractivity contribution in [2.45, 2.75) is 51.9 Å². The molecule has 0 radical (unpaired) electrons. The smallest absolute Gasteiger partial charge is 0.334 e. The zero-order valence-electron chi connectivity index (χ0n) is 14.7. The summed E-state index contributed by atoms with van der Waals surface area (Å²) < 4.78 is 10.7. The van der Waals surface area contributed by atoms with Crippen LogP contribution < -0.4 is 0 Å². The van der Waals surface area contributed by atoms with Crippen LogP contribution in [-0.2, 0) is 23.9 Å². The summed E-state index contributed by atoms with van der Waals surface area (Å²) >= 11 is 0. The van der Waals surface area contributed by atoms with Gasteiger partial charge < -0.3 is 14.6 Å². The molecule has 0 bridgehead atoms. The number of aldehydes is 1. The van der Waals surface area contributed by atoms with Gasteiger partial charge in [0.25, 0.3) is 0 Å². The highest BCUT2D eigenvalue weighted by atomic mass is 16.6. The predicted octanol–water partition coefficient (Wildman–Crippen LogP) is 1.88. The Labute approximate surface area is 147 Å². The van der Waals surface area contributed by atoms with E-state index in [0.717, 1.165) is 5.57 Å². The zero-order chi connectivity index (χ0) is 18.7. The number of aliphatic hydroxyl groups is 1. The molecule has 0 aromatic rings. The third-order valence-corrected chi connectivity index (χ3v) is 4.49. The second kappa shape index (κ2) is 7.78. The zero-order valence-corrected chi connectivity index (χ0v) is 14.7. The van der Waals surface area contributed by atoms with Crippen molar-refractivity contribution in [3.63, 3.8) is 0 Å². The van der Waals surface area contributed by atoms with Gasteiger partial charge >= 0.3 is 11.9 Å². The number of carbonyl (C=O) groups is 3. The Morgan fingerprint density at radius 1 is 1.48 bits per heavy atom. The van der Waals surface area contributed by atoms with E-state index in [1.165, 1.54) is 0 Å². The number of carbonyl (C=O) groups excluding carboxylic acids is 3. The van der Waals surface area contributed by atoms with Crippen molar-refractivity contribution in [2.24, 2.45) is 11.8 Å². The Balaban J connectivity index is 2.46. The first kappa shape index (κ1) is 19.1. The average Bonchev–Trinajstić information content (AvgIpc) is 2.82. The molecule has 2 aliphatic rings. The monoisotopic (exact) mass is 348 g/mol. The van der Waals surface area contributed by atoms with E-state index in [2.05, 4.69) is 6.58 Å². The summed E-state index contributed by atoms with van der Waals surface area (Å²) in [5.74, 6) is -2.33. The van der Waals surface area contributed by atoms with E-state index >= 15 is 0 Å². The minimum absolute atomic E-state index is 0.109. The quantitative estimate of drug-likeness (QED) is 0.362. The van der Waals surface area contributed by atoms with Gasteiger partial charge in [-0.1, -0.05) is 32.1 Å². The lowest BCUT2D eigenvalue weighted by Crippen LogP contribution is -2.42. The van der Waals surface area contributed by atoms with Crippen LogP contribution in [0.3, 0.4) is 0 Å². The van der Waals surface area contributed by atoms with Gasteiger partial charge in [0.05, 0.1) is 11.8 Å². The highest BCUT2D eigenvalue weighted by Gasteiger charge is 2.46. The maximum absolute atomic E-state index is 12.1. The van der Waals surface area contributed by atoms with Gasteiger partial charge in [-0.15, -0.1) is 0 Å². The van der Waals surface area contributed by atoms with Gasteiger partial charge in [0.1, 0.15) is 18.5 Å². The molecule has 6 nitrogen and oxygen atoms in total. The van der Waals surface area contributed by atoms with E-state index in [9.17, 15) is 19.5 Å². The summed E-state index contributed by atoms with van der Waals surface area (Å²) in [6.45, 7) is 8.93. The predicted molar refractivity (Wildman–Crippen MR) is 90.4 cm³/mol. The lowest BCUT2D eigenvalue weighted by Gasteiger charge is -2.30. The minimum Gasteiger partial charge on any atom is -0.454 e. The normalized spacial score (nSPS) is 32.2. The van der Waals surface area contributed by atoms with E-state index in [1.54, 1.807) is 26.0 Å². The van der Waals surface area contributed by atoms with Crippen LogP contribution in [0.5, 0.6) is 0 Å². The molecule has 1 heterocycles. The summed E-state index contributed by atoms with van der Waals surface area (Å²) in [6, 6.07) is 0. The second-order valence-electron chi connectivity index (χ2n) is 6.80. The number of ether oxygens (including phenoxy) is 2. The van der Waals surface area contributed by atoms with Crippen molar-refractivity contribution in [2.75, 3.05) is 0 Å². The van der Waals surface area contributed by atoms with E-state index in [0.29, 0.717) is 19.1 Å². The first-order valence-electron chi connectivity index (χ1n) is 8.37. The maximum atomic E-state index is 12.1. The van der Waals surface area contributed by atoms with Gasteiger partial charge in [-0.05, 0) is 25.8 Å². The Bertz CT molecular complexity index is 642. The molecule has 1 N–H and O–H groups in total. The number of fused-ring (bicyclic) bond motifs is 1. The minimum atomic E-state index is -1.31. The van der Waals surface area contributed by atoms with Crippen LogP contribution >= 0.6 is 0 Å². The lowest BCUT2D eigenvalue weighted by atomic mass is 9.84. The van der Waals surface area contributed by atoms with Crippen molar-refractivity contribution in [1.29, 1.82) is 0 Å². The molecule has 6 heteroatoms. The molecule has 0 unspecified atom stereocenters. The van der Waals surface area contributed by atoms with Crippen LogP contribution in [0.25, 0.3) is 0 Å². The number of esters is 2. The fourth-order valence-electron chi connectivity index (χ4n) is 2.99. The molecule has 1 aliphatic carbocycles. The molecule has 1 saturated heterocycles. The molecular weight excluding hydrogens is 324 g/mol. The van der Waals surface area contributed by atoms with Crippen LogP contribution in [0.1, 0.15) is 33.6 Å². The second-order valence-corrected chi connectivity index (χ2v) is 6.80. The summed E-state index contributed by atoms with van der Waals surface area (Å²) in [4.78, 5) is 35.5. The van der Waals surface area contributed by atoms with E-state index in [4.69, 9.17) is 9.47 Å². The molecule has 1 fully saturated rings. The van der Waals surface area contributed by atoms with Crippen LogP contribution in [0.4, 0.5) is 0 Å². The van der Waals surface area contributed by atoms with Gasteiger partial charge in [-0.3, -0.25) is 9.59 Å². The molecule has 4 atom stereocenters. The maximum Gasteiger partial charge on any atom is 0.334 e. The molecule has 0 saturated carbocycles. The molecule has 1 aliphatic heterocycles. The number of rotatable bonds is 3. The van der Waals surface area contributed by atoms with Crippen LogP contribution in [-0.4, -0.2) is 41.6 Å². The molecular formula is C19H24O6. The summed E-state index contributed by atoms with van der Waals surface area (Å²) in [5, 5.41) is 10.9. The number of hydrogen-bond donors (Lipinski definition) is 1. The Kier molecular flexibility index (Phi) is 5.95. The number of aliphatic hydroxyl groups excluding tert-OH is 1. The van der Waals surface area contributed by atoms with Crippen LogP contribution in [0.2, 0.25) is 0 Å². The molecule has 136 valence electrons. The molecule has 0 aromatic carbocycles. The topological polar surface area (TPSA) is 89.9 Å². The molecule has 0 aromatic heterocycles. The van der Waals surface area contributed by atoms with E-state index in [-0.39, 0.29) is 11.1 Å². The van der Waals surface area contributed by atoms with Crippen LogP contribution in [0, 0.1) is 11.8 Å². The highest BCUT2D eigenvalue weighted by Crippen LogP contribution is 2.35. The van der Waals surface area contributed by atoms with Gasteiger partial charge in [0, 0.05) is 11.1 Å². The standard InChI is InChI=1S/C19H24O6/c1-10(2)18(22)25-17-13(9-20)7-5-6-11(3)8-14-15(16(17)21)12(4)19(23)24-14/h7-10,14-17,21H,4-6H2,1-3H3/b11-8+,13-7?/t14-,15-,16+,17+/m1/s1. The molecule has 0 amide bonds. The van der Waals surface area contributed by atoms with Crippen LogP contribution in [0.15, 0.2) is 35.5 Å². The van der Waals surface area contributed by atoms with Gasteiger partial charge in [-0.2, -0.15) is 0 Å². The Morgan fingerprint density at radius 2 is 2.16 bits per heavy atom.